The zero-order valence-electron chi connectivity index (χ0n) is 20.1. The average molecular weight is 479 g/mol. The molecule has 9 heteroatoms. The van der Waals surface area contributed by atoms with Crippen LogP contribution in [0.4, 0.5) is 16.2 Å². The Hall–Kier alpha value is -3.56. The van der Waals surface area contributed by atoms with Crippen molar-refractivity contribution in [2.24, 2.45) is 0 Å². The maximum Gasteiger partial charge on any atom is 0.222 e. The second kappa shape index (κ2) is 10.8. The van der Waals surface area contributed by atoms with Gasteiger partial charge in [0.2, 0.25) is 5.95 Å². The number of aromatic hydroxyl groups is 1. The molecule has 1 fully saturated rings. The van der Waals surface area contributed by atoms with Gasteiger partial charge in [-0.05, 0) is 62.8 Å². The molecule has 184 valence electrons. The highest BCUT2D eigenvalue weighted by Crippen LogP contribution is 2.31. The number of hydrogen-bond donors (Lipinski definition) is 3. The van der Waals surface area contributed by atoms with E-state index in [-0.39, 0.29) is 22.8 Å². The second-order valence-electron chi connectivity index (χ2n) is 8.97. The summed E-state index contributed by atoms with van der Waals surface area (Å²) in [4.78, 5) is 26.2. The van der Waals surface area contributed by atoms with Crippen LogP contribution in [-0.2, 0) is 0 Å². The predicted octanol–water partition coefficient (Wildman–Crippen LogP) is 3.16. The lowest BCUT2D eigenvalue weighted by atomic mass is 9.98. The first-order valence-electron chi connectivity index (χ1n) is 11.7. The van der Waals surface area contributed by atoms with Gasteiger partial charge >= 0.3 is 0 Å². The number of aromatic nitrogens is 2. The number of rotatable bonds is 8. The largest absolute Gasteiger partial charge is 0.507 e. The van der Waals surface area contributed by atoms with Gasteiger partial charge < -0.3 is 26.0 Å². The lowest BCUT2D eigenvalue weighted by molar-refractivity contribution is 0.103. The number of nitrogens with one attached hydrogen (secondary N) is 1. The van der Waals surface area contributed by atoms with Gasteiger partial charge in [-0.1, -0.05) is 6.07 Å². The summed E-state index contributed by atoms with van der Waals surface area (Å²) in [5, 5.41) is 13.7. The molecule has 4 N–H and O–H groups in total. The summed E-state index contributed by atoms with van der Waals surface area (Å²) in [7, 11) is 2.14. The lowest BCUT2D eigenvalue weighted by Crippen LogP contribution is -2.44. The van der Waals surface area contributed by atoms with Crippen molar-refractivity contribution < 1.29 is 14.3 Å². The van der Waals surface area contributed by atoms with E-state index in [4.69, 9.17) is 5.73 Å². The number of phenols is 1. The molecule has 2 heterocycles. The van der Waals surface area contributed by atoms with Crippen LogP contribution in [-0.4, -0.2) is 77.0 Å². The SMILES string of the molecule is Cc1ccc(C(=O)c2ccc(O)c(-c3cc(NCCCN4CCN(C)CC4)nc(N)n3)c2)c(F)c1. The highest BCUT2D eigenvalue weighted by molar-refractivity contribution is 6.10. The third kappa shape index (κ3) is 6.12. The second-order valence-corrected chi connectivity index (χ2v) is 8.97. The minimum Gasteiger partial charge on any atom is -0.507 e. The number of carbonyl (C=O) groups is 1. The predicted molar refractivity (Wildman–Crippen MR) is 135 cm³/mol. The van der Waals surface area contributed by atoms with Crippen molar-refractivity contribution in [1.29, 1.82) is 0 Å². The first-order chi connectivity index (χ1) is 16.8. The molecule has 8 nitrogen and oxygen atoms in total. The van der Waals surface area contributed by atoms with Crippen LogP contribution in [0.1, 0.15) is 27.9 Å². The minimum absolute atomic E-state index is 0.0304. The quantitative estimate of drug-likeness (QED) is 0.335. The standard InChI is InChI=1S/C26H31FN6O2/c1-17-4-6-19(21(27)14-17)25(35)18-5-7-23(34)20(15-18)22-16-24(31-26(28)30-22)29-8-3-9-33-12-10-32(2)11-13-33/h4-7,14-16,34H,3,8-13H2,1-2H3,(H3,28,29,30,31). The molecule has 0 radical (unpaired) electrons. The third-order valence-corrected chi connectivity index (χ3v) is 6.20. The van der Waals surface area contributed by atoms with E-state index in [1.807, 2.05) is 0 Å². The van der Waals surface area contributed by atoms with E-state index in [1.54, 1.807) is 19.1 Å². The molecule has 0 atom stereocenters. The van der Waals surface area contributed by atoms with E-state index in [0.29, 0.717) is 23.6 Å². The summed E-state index contributed by atoms with van der Waals surface area (Å²) in [6.45, 7) is 7.77. The number of halogens is 1. The fourth-order valence-corrected chi connectivity index (χ4v) is 4.13. The molecule has 1 aliphatic heterocycles. The number of nitrogen functional groups attached to an aromatic ring is 1. The molecule has 1 aliphatic rings. The van der Waals surface area contributed by atoms with Crippen LogP contribution >= 0.6 is 0 Å². The van der Waals surface area contributed by atoms with E-state index >= 15 is 0 Å². The zero-order chi connectivity index (χ0) is 24.9. The maximum absolute atomic E-state index is 14.4. The van der Waals surface area contributed by atoms with Gasteiger partial charge in [-0.3, -0.25) is 4.79 Å². The fourth-order valence-electron chi connectivity index (χ4n) is 4.13. The number of phenolic OH excluding ortho intramolecular Hbond substituents is 1. The molecule has 0 spiro atoms. The Morgan fingerprint density at radius 1 is 1.11 bits per heavy atom. The molecule has 35 heavy (non-hydrogen) atoms. The first kappa shape index (κ1) is 24.6. The molecular formula is C26H31FN6O2. The van der Waals surface area contributed by atoms with Crippen molar-refractivity contribution in [1.82, 2.24) is 19.8 Å². The van der Waals surface area contributed by atoms with E-state index in [0.717, 1.165) is 44.7 Å². The molecular weight excluding hydrogens is 447 g/mol. The molecule has 0 aliphatic carbocycles. The summed E-state index contributed by atoms with van der Waals surface area (Å²) < 4.78 is 14.4. The number of likely N-dealkylation sites (N-methyl/N-ethyl adjacent to an activating group) is 1. The minimum atomic E-state index is -0.584. The highest BCUT2D eigenvalue weighted by Gasteiger charge is 2.18. The number of ketones is 1. The molecule has 2 aromatic carbocycles. The lowest BCUT2D eigenvalue weighted by Gasteiger charge is -2.32. The summed E-state index contributed by atoms with van der Waals surface area (Å²) in [5.41, 5.74) is 7.55. The monoisotopic (exact) mass is 478 g/mol. The average Bonchev–Trinajstić information content (AvgIpc) is 2.82. The van der Waals surface area contributed by atoms with Gasteiger partial charge in [-0.2, -0.15) is 4.98 Å². The summed E-state index contributed by atoms with van der Waals surface area (Å²) >= 11 is 0. The summed E-state index contributed by atoms with van der Waals surface area (Å²) in [6, 6.07) is 10.5. The fraction of sp³-hybridized carbons (Fsp3) is 0.346. The number of piperazine rings is 1. The van der Waals surface area contributed by atoms with Crippen molar-refractivity contribution in [2.75, 3.05) is 57.4 Å². The van der Waals surface area contributed by atoms with Gasteiger partial charge in [0.05, 0.1) is 11.3 Å². The Kier molecular flexibility index (Phi) is 7.57. The van der Waals surface area contributed by atoms with Gasteiger partial charge in [0.25, 0.3) is 0 Å². The van der Waals surface area contributed by atoms with Gasteiger partial charge in [0.1, 0.15) is 17.4 Å². The Labute approximate surface area is 204 Å². The van der Waals surface area contributed by atoms with Crippen molar-refractivity contribution in [2.45, 2.75) is 13.3 Å². The number of nitrogens with two attached hydrogens (primary N) is 1. The van der Waals surface area contributed by atoms with Crippen molar-refractivity contribution in [3.63, 3.8) is 0 Å². The molecule has 4 rings (SSSR count). The smallest absolute Gasteiger partial charge is 0.222 e. The molecule has 1 aromatic heterocycles. The van der Waals surface area contributed by atoms with Gasteiger partial charge in [-0.25, -0.2) is 9.37 Å². The third-order valence-electron chi connectivity index (χ3n) is 6.20. The van der Waals surface area contributed by atoms with Crippen LogP contribution in [0, 0.1) is 12.7 Å². The molecule has 3 aromatic rings. The number of benzene rings is 2. The first-order valence-corrected chi connectivity index (χ1v) is 11.7. The normalized spacial score (nSPS) is 14.7. The van der Waals surface area contributed by atoms with E-state index < -0.39 is 11.6 Å². The van der Waals surface area contributed by atoms with E-state index in [1.165, 1.54) is 30.3 Å². The van der Waals surface area contributed by atoms with Crippen molar-refractivity contribution in [3.05, 3.63) is 65.0 Å². The Bertz CT molecular complexity index is 1210. The molecule has 1 saturated heterocycles. The van der Waals surface area contributed by atoms with Crippen molar-refractivity contribution >= 4 is 17.5 Å². The van der Waals surface area contributed by atoms with Crippen LogP contribution < -0.4 is 11.1 Å². The van der Waals surface area contributed by atoms with Crippen LogP contribution in [0.15, 0.2) is 42.5 Å². The van der Waals surface area contributed by atoms with Crippen LogP contribution in [0.25, 0.3) is 11.3 Å². The molecule has 0 amide bonds. The van der Waals surface area contributed by atoms with Gasteiger partial charge in [0.15, 0.2) is 5.78 Å². The topological polar surface area (TPSA) is 108 Å². The highest BCUT2D eigenvalue weighted by atomic mass is 19.1. The van der Waals surface area contributed by atoms with Gasteiger partial charge in [0, 0.05) is 49.9 Å². The number of nitrogens with zero attached hydrogens (tertiary/aromatic N) is 4. The van der Waals surface area contributed by atoms with Crippen LogP contribution in [0.3, 0.4) is 0 Å². The Morgan fingerprint density at radius 2 is 1.89 bits per heavy atom. The van der Waals surface area contributed by atoms with E-state index in [9.17, 15) is 14.3 Å². The molecule has 0 saturated carbocycles. The molecule has 0 bridgehead atoms. The maximum atomic E-state index is 14.4. The number of carbonyl (C=O) groups excluding carboxylic acids is 1. The van der Waals surface area contributed by atoms with E-state index in [2.05, 4.69) is 32.1 Å². The number of hydrogen-bond acceptors (Lipinski definition) is 8. The van der Waals surface area contributed by atoms with Crippen LogP contribution in [0.2, 0.25) is 0 Å². The van der Waals surface area contributed by atoms with Crippen molar-refractivity contribution in [3.8, 4) is 17.0 Å². The summed E-state index contributed by atoms with van der Waals surface area (Å²) in [6.07, 6.45) is 0.945. The van der Waals surface area contributed by atoms with Gasteiger partial charge in [-0.15, -0.1) is 0 Å². The number of aryl methyl sites for hydroxylation is 1. The summed E-state index contributed by atoms with van der Waals surface area (Å²) in [5.74, 6) is -0.548. The number of anilines is 2. The Morgan fingerprint density at radius 3 is 2.63 bits per heavy atom. The molecule has 0 unspecified atom stereocenters. The Balaban J connectivity index is 1.48. The zero-order valence-corrected chi connectivity index (χ0v) is 20.1. The van der Waals surface area contributed by atoms with Crippen LogP contribution in [0.5, 0.6) is 5.75 Å².